The van der Waals surface area contributed by atoms with Crippen molar-refractivity contribution >= 4 is 11.6 Å². The van der Waals surface area contributed by atoms with E-state index in [4.69, 9.17) is 4.74 Å². The molecule has 6 heteroatoms. The number of benzene rings is 1. The average molecular weight is 364 g/mol. The number of likely N-dealkylation sites (tertiary alicyclic amines) is 1. The van der Waals surface area contributed by atoms with Crippen molar-refractivity contribution in [2.75, 3.05) is 20.2 Å². The van der Waals surface area contributed by atoms with Crippen LogP contribution >= 0.6 is 0 Å². The molecule has 1 fully saturated rings. The summed E-state index contributed by atoms with van der Waals surface area (Å²) in [5.41, 5.74) is 4.47. The molecule has 3 heterocycles. The summed E-state index contributed by atoms with van der Waals surface area (Å²) in [7, 11) is 1.68. The predicted molar refractivity (Wildman–Crippen MR) is 103 cm³/mol. The minimum Gasteiger partial charge on any atom is -0.497 e. The van der Waals surface area contributed by atoms with Crippen molar-refractivity contribution in [2.24, 2.45) is 0 Å². The SMILES string of the molecule is COc1ccc(C2CCN(C(=O)c3cnc4cc(C)nn4c3C)CC2)cc1. The quantitative estimate of drug-likeness (QED) is 0.715. The van der Waals surface area contributed by atoms with E-state index in [-0.39, 0.29) is 5.91 Å². The van der Waals surface area contributed by atoms with E-state index in [2.05, 4.69) is 22.2 Å². The Hall–Kier alpha value is -2.89. The highest BCUT2D eigenvalue weighted by atomic mass is 16.5. The van der Waals surface area contributed by atoms with Crippen molar-refractivity contribution in [3.05, 3.63) is 59.0 Å². The number of fused-ring (bicyclic) bond motifs is 1. The van der Waals surface area contributed by atoms with Crippen molar-refractivity contribution in [1.29, 1.82) is 0 Å². The van der Waals surface area contributed by atoms with Crippen LogP contribution in [0, 0.1) is 13.8 Å². The lowest BCUT2D eigenvalue weighted by Gasteiger charge is -2.32. The van der Waals surface area contributed by atoms with Crippen LogP contribution in [0.1, 0.15) is 46.1 Å². The van der Waals surface area contributed by atoms with E-state index < -0.39 is 0 Å². The van der Waals surface area contributed by atoms with Gasteiger partial charge in [-0.3, -0.25) is 4.79 Å². The number of rotatable bonds is 3. The summed E-state index contributed by atoms with van der Waals surface area (Å²) in [5, 5.41) is 4.44. The highest BCUT2D eigenvalue weighted by molar-refractivity contribution is 5.95. The van der Waals surface area contributed by atoms with Crippen LogP contribution < -0.4 is 4.74 Å². The number of carbonyl (C=O) groups is 1. The first-order chi connectivity index (χ1) is 13.1. The summed E-state index contributed by atoms with van der Waals surface area (Å²) in [4.78, 5) is 19.4. The lowest BCUT2D eigenvalue weighted by Crippen LogP contribution is -2.38. The first-order valence-electron chi connectivity index (χ1n) is 9.32. The number of hydrogen-bond acceptors (Lipinski definition) is 4. The van der Waals surface area contributed by atoms with Crippen molar-refractivity contribution in [2.45, 2.75) is 32.6 Å². The standard InChI is InChI=1S/C21H24N4O2/c1-14-12-20-22-13-19(15(2)25(20)23-14)21(26)24-10-8-17(9-11-24)16-4-6-18(27-3)7-5-16/h4-7,12-13,17H,8-11H2,1-3H3. The van der Waals surface area contributed by atoms with Crippen molar-refractivity contribution in [1.82, 2.24) is 19.5 Å². The summed E-state index contributed by atoms with van der Waals surface area (Å²) in [6, 6.07) is 10.2. The number of carbonyl (C=O) groups excluding carboxylic acids is 1. The summed E-state index contributed by atoms with van der Waals surface area (Å²) >= 11 is 0. The molecule has 2 aromatic heterocycles. The Morgan fingerprint density at radius 2 is 1.85 bits per heavy atom. The molecule has 1 aliphatic rings. The number of hydrogen-bond donors (Lipinski definition) is 0. The first kappa shape index (κ1) is 17.5. The molecule has 140 valence electrons. The van der Waals surface area contributed by atoms with Crippen LogP contribution in [0.4, 0.5) is 0 Å². The van der Waals surface area contributed by atoms with Gasteiger partial charge in [0.1, 0.15) is 5.75 Å². The highest BCUT2D eigenvalue weighted by Crippen LogP contribution is 2.30. The van der Waals surface area contributed by atoms with Crippen LogP contribution in [0.5, 0.6) is 5.75 Å². The van der Waals surface area contributed by atoms with Crippen molar-refractivity contribution in [3.63, 3.8) is 0 Å². The maximum Gasteiger partial charge on any atom is 0.257 e. The second kappa shape index (κ2) is 7.02. The zero-order valence-electron chi connectivity index (χ0n) is 16.0. The van der Waals surface area contributed by atoms with E-state index in [1.165, 1.54) is 5.56 Å². The molecule has 1 aromatic carbocycles. The van der Waals surface area contributed by atoms with Gasteiger partial charge in [-0.15, -0.1) is 0 Å². The molecule has 0 saturated carbocycles. The minimum atomic E-state index is 0.0447. The largest absolute Gasteiger partial charge is 0.497 e. The average Bonchev–Trinajstić information content (AvgIpc) is 3.09. The van der Waals surface area contributed by atoms with Gasteiger partial charge in [0.05, 0.1) is 24.1 Å². The third-order valence-electron chi connectivity index (χ3n) is 5.45. The molecule has 0 atom stereocenters. The normalized spacial score (nSPS) is 15.3. The smallest absolute Gasteiger partial charge is 0.257 e. The van der Waals surface area contributed by atoms with Crippen LogP contribution in [0.25, 0.3) is 5.65 Å². The molecule has 1 aliphatic heterocycles. The van der Waals surface area contributed by atoms with Crippen LogP contribution in [-0.4, -0.2) is 45.6 Å². The Labute approximate surface area is 158 Å². The fourth-order valence-electron chi connectivity index (χ4n) is 3.84. The third kappa shape index (κ3) is 3.27. The molecule has 4 rings (SSSR count). The van der Waals surface area contributed by atoms with Gasteiger partial charge in [0.25, 0.3) is 5.91 Å². The molecular weight excluding hydrogens is 340 g/mol. The monoisotopic (exact) mass is 364 g/mol. The van der Waals surface area contributed by atoms with E-state index in [0.29, 0.717) is 11.5 Å². The molecule has 1 saturated heterocycles. The number of ether oxygens (including phenoxy) is 1. The molecule has 0 unspecified atom stereocenters. The number of nitrogens with zero attached hydrogens (tertiary/aromatic N) is 4. The van der Waals surface area contributed by atoms with Gasteiger partial charge in [0.15, 0.2) is 5.65 Å². The molecule has 0 aliphatic carbocycles. The lowest BCUT2D eigenvalue weighted by molar-refractivity contribution is 0.0711. The molecule has 6 nitrogen and oxygen atoms in total. The maximum atomic E-state index is 13.0. The van der Waals surface area contributed by atoms with E-state index >= 15 is 0 Å². The number of aromatic nitrogens is 3. The van der Waals surface area contributed by atoms with Crippen LogP contribution in [0.2, 0.25) is 0 Å². The summed E-state index contributed by atoms with van der Waals surface area (Å²) in [6.45, 7) is 5.37. The number of aryl methyl sites for hydroxylation is 2. The van der Waals surface area contributed by atoms with Gasteiger partial charge in [-0.2, -0.15) is 5.10 Å². The van der Waals surface area contributed by atoms with Gasteiger partial charge >= 0.3 is 0 Å². The van der Waals surface area contributed by atoms with Crippen molar-refractivity contribution < 1.29 is 9.53 Å². The molecule has 3 aromatic rings. The van der Waals surface area contributed by atoms with Crippen LogP contribution in [-0.2, 0) is 0 Å². The van der Waals surface area contributed by atoms with Gasteiger partial charge in [0, 0.05) is 25.4 Å². The van der Waals surface area contributed by atoms with Gasteiger partial charge in [-0.05, 0) is 50.3 Å². The Kier molecular flexibility index (Phi) is 4.56. The number of piperidine rings is 1. The second-order valence-corrected chi connectivity index (χ2v) is 7.15. The highest BCUT2D eigenvalue weighted by Gasteiger charge is 2.26. The zero-order valence-corrected chi connectivity index (χ0v) is 16.0. The van der Waals surface area contributed by atoms with Gasteiger partial charge < -0.3 is 9.64 Å². The second-order valence-electron chi connectivity index (χ2n) is 7.15. The molecule has 0 bridgehead atoms. The number of amides is 1. The molecule has 0 radical (unpaired) electrons. The lowest BCUT2D eigenvalue weighted by atomic mass is 9.89. The Bertz CT molecular complexity index is 970. The summed E-state index contributed by atoms with van der Waals surface area (Å²) in [5.74, 6) is 1.40. The minimum absolute atomic E-state index is 0.0447. The van der Waals surface area contributed by atoms with Gasteiger partial charge in [-0.1, -0.05) is 12.1 Å². The fourth-order valence-corrected chi connectivity index (χ4v) is 3.84. The van der Waals surface area contributed by atoms with Gasteiger partial charge in [0.2, 0.25) is 0 Å². The van der Waals surface area contributed by atoms with Crippen LogP contribution in [0.15, 0.2) is 36.5 Å². The molecule has 27 heavy (non-hydrogen) atoms. The van der Waals surface area contributed by atoms with E-state index in [1.807, 2.05) is 36.9 Å². The molecule has 0 N–H and O–H groups in total. The Morgan fingerprint density at radius 3 is 2.52 bits per heavy atom. The number of methoxy groups -OCH3 is 1. The van der Waals surface area contributed by atoms with Crippen molar-refractivity contribution in [3.8, 4) is 5.75 Å². The predicted octanol–water partition coefficient (Wildman–Crippen LogP) is 3.37. The first-order valence-corrected chi connectivity index (χ1v) is 9.32. The summed E-state index contributed by atoms with van der Waals surface area (Å²) < 4.78 is 6.99. The van der Waals surface area contributed by atoms with E-state index in [9.17, 15) is 4.79 Å². The van der Waals surface area contributed by atoms with E-state index in [0.717, 1.165) is 48.7 Å². The Balaban J connectivity index is 1.47. The summed E-state index contributed by atoms with van der Waals surface area (Å²) in [6.07, 6.45) is 3.62. The third-order valence-corrected chi connectivity index (χ3v) is 5.45. The fraction of sp³-hybridized carbons (Fsp3) is 0.381. The van der Waals surface area contributed by atoms with E-state index in [1.54, 1.807) is 17.8 Å². The van der Waals surface area contributed by atoms with Crippen LogP contribution in [0.3, 0.4) is 0 Å². The molecule has 1 amide bonds. The maximum absolute atomic E-state index is 13.0. The zero-order chi connectivity index (χ0) is 19.0. The topological polar surface area (TPSA) is 59.7 Å². The van der Waals surface area contributed by atoms with Gasteiger partial charge in [-0.25, -0.2) is 9.50 Å². The molecular formula is C21H24N4O2. The Morgan fingerprint density at radius 1 is 1.15 bits per heavy atom. The molecule has 0 spiro atoms.